The summed E-state index contributed by atoms with van der Waals surface area (Å²) in [4.78, 5) is 13.1. The van der Waals surface area contributed by atoms with Gasteiger partial charge in [-0.2, -0.15) is 0 Å². The van der Waals surface area contributed by atoms with Gasteiger partial charge in [-0.3, -0.25) is 4.79 Å². The molecule has 0 radical (unpaired) electrons. The van der Waals surface area contributed by atoms with Gasteiger partial charge in [-0.15, -0.1) is 11.3 Å². The minimum Gasteiger partial charge on any atom is -0.293 e. The summed E-state index contributed by atoms with van der Waals surface area (Å²) in [6, 6.07) is 0. The normalized spacial score (nSPS) is 12.8. The van der Waals surface area contributed by atoms with E-state index in [1.807, 2.05) is 5.38 Å². The molecular formula is C12H16Br2OS. The second kappa shape index (κ2) is 6.92. The average molecular weight is 368 g/mol. The average Bonchev–Trinajstić information content (AvgIpc) is 2.60. The Bertz CT molecular complexity index is 360. The molecule has 16 heavy (non-hydrogen) atoms. The number of thiophene rings is 1. The Morgan fingerprint density at radius 1 is 1.44 bits per heavy atom. The van der Waals surface area contributed by atoms with Crippen molar-refractivity contribution in [2.75, 3.05) is 0 Å². The largest absolute Gasteiger partial charge is 0.293 e. The molecule has 0 N–H and O–H groups in total. The van der Waals surface area contributed by atoms with Crippen molar-refractivity contribution in [1.29, 1.82) is 0 Å². The number of halogens is 2. The molecule has 4 heteroatoms. The van der Waals surface area contributed by atoms with E-state index in [0.717, 1.165) is 39.5 Å². The first-order valence-electron chi connectivity index (χ1n) is 5.58. The van der Waals surface area contributed by atoms with Gasteiger partial charge in [0, 0.05) is 15.8 Å². The summed E-state index contributed by atoms with van der Waals surface area (Å²) in [5.74, 6) is 0.473. The first kappa shape index (κ1) is 14.4. The maximum absolute atomic E-state index is 12.3. The van der Waals surface area contributed by atoms with E-state index >= 15 is 0 Å². The van der Waals surface area contributed by atoms with Gasteiger partial charge in [-0.05, 0) is 44.7 Å². The number of carbonyl (C=O) groups is 1. The Balaban J connectivity index is 2.79. The van der Waals surface area contributed by atoms with Gasteiger partial charge >= 0.3 is 0 Å². The maximum atomic E-state index is 12.3. The number of carbonyl (C=O) groups excluding carboxylic acids is 1. The van der Waals surface area contributed by atoms with Crippen LogP contribution in [0.15, 0.2) is 14.3 Å². The van der Waals surface area contributed by atoms with Crippen LogP contribution < -0.4 is 0 Å². The molecule has 0 bridgehead atoms. The van der Waals surface area contributed by atoms with Crippen molar-refractivity contribution < 1.29 is 4.79 Å². The number of hydrogen-bond acceptors (Lipinski definition) is 2. The Morgan fingerprint density at radius 2 is 2.12 bits per heavy atom. The zero-order valence-corrected chi connectivity index (χ0v) is 13.5. The van der Waals surface area contributed by atoms with Gasteiger partial charge in [0.2, 0.25) is 0 Å². The van der Waals surface area contributed by atoms with E-state index in [4.69, 9.17) is 0 Å². The van der Waals surface area contributed by atoms with Crippen LogP contribution in [0, 0.1) is 5.92 Å². The predicted octanol–water partition coefficient (Wildman–Crippen LogP) is 5.67. The lowest BCUT2D eigenvalue weighted by Gasteiger charge is -2.12. The number of hydrogen-bond donors (Lipinski definition) is 0. The highest BCUT2D eigenvalue weighted by Gasteiger charge is 2.22. The number of unbranched alkanes of at least 4 members (excludes halogenated alkanes) is 1. The minimum absolute atomic E-state index is 0.182. The van der Waals surface area contributed by atoms with Gasteiger partial charge in [-0.25, -0.2) is 0 Å². The van der Waals surface area contributed by atoms with Crippen LogP contribution in [0.5, 0.6) is 0 Å². The van der Waals surface area contributed by atoms with E-state index in [2.05, 4.69) is 45.7 Å². The third-order valence-corrected chi connectivity index (χ3v) is 6.22. The van der Waals surface area contributed by atoms with E-state index in [0.29, 0.717) is 5.78 Å². The first-order valence-corrected chi connectivity index (χ1v) is 8.05. The molecule has 1 heterocycles. The Labute approximate surface area is 118 Å². The molecule has 0 saturated carbocycles. The molecule has 1 aromatic rings. The van der Waals surface area contributed by atoms with E-state index in [1.54, 1.807) is 0 Å². The lowest BCUT2D eigenvalue weighted by molar-refractivity contribution is 0.0911. The Morgan fingerprint density at radius 3 is 2.56 bits per heavy atom. The van der Waals surface area contributed by atoms with Crippen molar-refractivity contribution in [1.82, 2.24) is 0 Å². The lowest BCUT2D eigenvalue weighted by Crippen LogP contribution is -2.13. The molecule has 90 valence electrons. The van der Waals surface area contributed by atoms with Crippen molar-refractivity contribution in [2.45, 2.75) is 39.5 Å². The second-order valence-electron chi connectivity index (χ2n) is 3.84. The van der Waals surface area contributed by atoms with E-state index < -0.39 is 0 Å². The third-order valence-electron chi connectivity index (χ3n) is 2.68. The van der Waals surface area contributed by atoms with Crippen molar-refractivity contribution in [3.63, 3.8) is 0 Å². The molecule has 1 nitrogen and oxygen atoms in total. The van der Waals surface area contributed by atoms with Gasteiger partial charge < -0.3 is 0 Å². The number of ketones is 1. The molecule has 0 aliphatic carbocycles. The molecule has 1 rings (SSSR count). The van der Waals surface area contributed by atoms with Crippen molar-refractivity contribution >= 4 is 49.0 Å². The SMILES string of the molecule is CCCCC(CC)C(=O)c1scc(Br)c1Br. The summed E-state index contributed by atoms with van der Waals surface area (Å²) in [6.07, 6.45) is 4.22. The lowest BCUT2D eigenvalue weighted by atomic mass is 9.94. The molecule has 0 aliphatic heterocycles. The fourth-order valence-electron chi connectivity index (χ4n) is 1.65. The van der Waals surface area contributed by atoms with E-state index in [1.165, 1.54) is 11.3 Å². The fourth-order valence-corrected chi connectivity index (χ4v) is 3.83. The van der Waals surface area contributed by atoms with Crippen molar-refractivity contribution in [3.05, 3.63) is 19.2 Å². The number of rotatable bonds is 6. The van der Waals surface area contributed by atoms with Crippen LogP contribution in [0.1, 0.15) is 49.2 Å². The van der Waals surface area contributed by atoms with Crippen LogP contribution >= 0.6 is 43.2 Å². The summed E-state index contributed by atoms with van der Waals surface area (Å²) in [5.41, 5.74) is 0. The summed E-state index contributed by atoms with van der Waals surface area (Å²) in [5, 5.41) is 1.96. The molecule has 0 aromatic carbocycles. The zero-order chi connectivity index (χ0) is 12.1. The van der Waals surface area contributed by atoms with Crippen molar-refractivity contribution in [3.8, 4) is 0 Å². The Kier molecular flexibility index (Phi) is 6.22. The van der Waals surface area contributed by atoms with E-state index in [9.17, 15) is 4.79 Å². The fraction of sp³-hybridized carbons (Fsp3) is 0.583. The molecule has 0 saturated heterocycles. The molecule has 1 unspecified atom stereocenters. The van der Waals surface area contributed by atoms with E-state index in [-0.39, 0.29) is 5.92 Å². The van der Waals surface area contributed by atoms with Crippen molar-refractivity contribution in [2.24, 2.45) is 5.92 Å². The predicted molar refractivity (Wildman–Crippen MR) is 77.4 cm³/mol. The third kappa shape index (κ3) is 3.41. The molecule has 1 atom stereocenters. The molecule has 1 aromatic heterocycles. The Hall–Kier alpha value is 0.330. The zero-order valence-electron chi connectivity index (χ0n) is 9.56. The quantitative estimate of drug-likeness (QED) is 0.591. The summed E-state index contributed by atoms with van der Waals surface area (Å²) in [6.45, 7) is 4.25. The van der Waals surface area contributed by atoms with Crippen LogP contribution in [0.25, 0.3) is 0 Å². The topological polar surface area (TPSA) is 17.1 Å². The molecule has 0 fully saturated rings. The van der Waals surface area contributed by atoms with Gasteiger partial charge in [0.25, 0.3) is 0 Å². The second-order valence-corrected chi connectivity index (χ2v) is 6.37. The highest BCUT2D eigenvalue weighted by molar-refractivity contribution is 9.13. The maximum Gasteiger partial charge on any atom is 0.177 e. The van der Waals surface area contributed by atoms with Crippen LogP contribution in [0.4, 0.5) is 0 Å². The smallest absolute Gasteiger partial charge is 0.177 e. The van der Waals surface area contributed by atoms with Crippen LogP contribution in [-0.2, 0) is 0 Å². The van der Waals surface area contributed by atoms with Gasteiger partial charge in [0.05, 0.1) is 9.35 Å². The molecular weight excluding hydrogens is 352 g/mol. The summed E-state index contributed by atoms with van der Waals surface area (Å²) < 4.78 is 1.89. The van der Waals surface area contributed by atoms with Crippen LogP contribution in [0.3, 0.4) is 0 Å². The number of Topliss-reactive ketones (excluding diaryl/α,β-unsaturated/α-hetero) is 1. The monoisotopic (exact) mass is 366 g/mol. The standard InChI is InChI=1S/C12H16Br2OS/c1-3-5-6-8(4-2)11(15)12-10(14)9(13)7-16-12/h7-8H,3-6H2,1-2H3. The van der Waals surface area contributed by atoms with Crippen LogP contribution in [0.2, 0.25) is 0 Å². The molecule has 0 amide bonds. The van der Waals surface area contributed by atoms with Crippen LogP contribution in [-0.4, -0.2) is 5.78 Å². The highest BCUT2D eigenvalue weighted by Crippen LogP contribution is 2.35. The highest BCUT2D eigenvalue weighted by atomic mass is 79.9. The molecule has 0 spiro atoms. The first-order chi connectivity index (χ1) is 7.61. The minimum atomic E-state index is 0.182. The van der Waals surface area contributed by atoms with Gasteiger partial charge in [0.15, 0.2) is 5.78 Å². The van der Waals surface area contributed by atoms with Gasteiger partial charge in [-0.1, -0.05) is 26.7 Å². The summed E-state index contributed by atoms with van der Waals surface area (Å²) >= 11 is 8.40. The van der Waals surface area contributed by atoms with Gasteiger partial charge in [0.1, 0.15) is 0 Å². The summed E-state index contributed by atoms with van der Waals surface area (Å²) in [7, 11) is 0. The molecule has 0 aliphatic rings.